The second-order valence-electron chi connectivity index (χ2n) is 26.7. The van der Waals surface area contributed by atoms with Gasteiger partial charge in [-0.1, -0.05) is 106 Å². The van der Waals surface area contributed by atoms with Gasteiger partial charge in [-0.15, -0.1) is 22.7 Å². The van der Waals surface area contributed by atoms with Crippen LogP contribution in [0.2, 0.25) is 8.67 Å². The number of rotatable bonds is 16. The van der Waals surface area contributed by atoms with Gasteiger partial charge >= 0.3 is 11.9 Å². The summed E-state index contributed by atoms with van der Waals surface area (Å²) in [5, 5.41) is 20.0. The number of carboxylic acid groups (broad SMARTS) is 1. The maximum atomic E-state index is 13.2. The van der Waals surface area contributed by atoms with Crippen LogP contribution >= 0.6 is 45.9 Å². The number of esters is 1. The van der Waals surface area contributed by atoms with E-state index in [1.54, 1.807) is 34.9 Å². The first-order valence-corrected chi connectivity index (χ1v) is 31.8. The number of aryl methyl sites for hydroxylation is 4. The summed E-state index contributed by atoms with van der Waals surface area (Å²) in [5.41, 5.74) is 10.9. The highest BCUT2D eigenvalue weighted by Gasteiger charge is 2.34. The number of ether oxygens (including phenoxy) is 3. The fraction of sp³-hybridized carbons (Fsp3) is 0.569. The van der Waals surface area contributed by atoms with E-state index in [-0.39, 0.29) is 77.2 Å². The Labute approximate surface area is 521 Å². The molecule has 0 radical (unpaired) electrons. The summed E-state index contributed by atoms with van der Waals surface area (Å²) in [6.07, 6.45) is 4.44. The molecule has 2 aliphatic heterocycles. The van der Waals surface area contributed by atoms with Crippen molar-refractivity contribution < 1.29 is 38.5 Å². The van der Waals surface area contributed by atoms with Crippen LogP contribution in [0, 0.1) is 13.8 Å². The van der Waals surface area contributed by atoms with Crippen LogP contribution in [0.15, 0.2) is 36.4 Å². The Bertz CT molecular complexity index is 3300. The molecule has 8 rings (SSSR count). The molecule has 2 saturated heterocycles. The van der Waals surface area contributed by atoms with Crippen molar-refractivity contribution in [1.29, 1.82) is 0 Å². The minimum atomic E-state index is -0.858. The van der Waals surface area contributed by atoms with E-state index >= 15 is 0 Å². The topological polar surface area (TPSA) is 184 Å². The number of benzene rings is 2. The third-order valence-electron chi connectivity index (χ3n) is 16.0. The Balaban J connectivity index is 0.000000244. The lowest BCUT2D eigenvalue weighted by molar-refractivity contribution is -0.140. The molecule has 2 aliphatic rings. The monoisotopic (exact) mass is 1240 g/mol. The molecule has 1 N–H and O–H groups in total. The van der Waals surface area contributed by atoms with Crippen LogP contribution in [0.4, 0.5) is 0 Å². The third kappa shape index (κ3) is 16.4. The van der Waals surface area contributed by atoms with Crippen molar-refractivity contribution in [3.05, 3.63) is 100 Å². The second kappa shape index (κ2) is 27.1. The van der Waals surface area contributed by atoms with Crippen LogP contribution < -0.4 is 9.47 Å². The van der Waals surface area contributed by atoms with Crippen LogP contribution in [0.1, 0.15) is 188 Å². The fourth-order valence-electron chi connectivity index (χ4n) is 11.0. The van der Waals surface area contributed by atoms with Gasteiger partial charge in [0.1, 0.15) is 44.6 Å². The molecule has 6 aromatic rings. The molecule has 6 heterocycles. The van der Waals surface area contributed by atoms with Crippen molar-refractivity contribution in [3.8, 4) is 34.0 Å². The summed E-state index contributed by atoms with van der Waals surface area (Å²) < 4.78 is 21.4. The molecule has 20 heteroatoms. The molecule has 2 aromatic carbocycles. The number of carboxylic acids is 1. The lowest BCUT2D eigenvalue weighted by Crippen LogP contribution is -2.40. The molecule has 2 amide bonds. The van der Waals surface area contributed by atoms with E-state index in [1.165, 1.54) is 18.4 Å². The van der Waals surface area contributed by atoms with Gasteiger partial charge in [0.05, 0.1) is 55.6 Å². The molecular weight excluding hydrogens is 1160 g/mol. The zero-order valence-electron chi connectivity index (χ0n) is 53.0. The summed E-state index contributed by atoms with van der Waals surface area (Å²) in [4.78, 5) is 62.6. The largest absolute Gasteiger partial charge is 0.496 e. The van der Waals surface area contributed by atoms with Gasteiger partial charge in [-0.25, -0.2) is 9.97 Å². The molecule has 462 valence electrons. The molecular formula is C65H88Cl2N8O8S2. The van der Waals surface area contributed by atoms with E-state index in [4.69, 9.17) is 52.5 Å². The van der Waals surface area contributed by atoms with Gasteiger partial charge in [0.25, 0.3) is 0 Å². The molecule has 2 fully saturated rings. The Morgan fingerprint density at radius 1 is 0.553 bits per heavy atom. The van der Waals surface area contributed by atoms with Crippen LogP contribution in [0.3, 0.4) is 0 Å². The number of hydrogen-bond acceptors (Lipinski definition) is 13. The predicted molar refractivity (Wildman–Crippen MR) is 340 cm³/mol. The van der Waals surface area contributed by atoms with Crippen LogP contribution in [-0.2, 0) is 71.5 Å². The predicted octanol–water partition coefficient (Wildman–Crippen LogP) is 14.1. The Hall–Kier alpha value is -5.82. The van der Waals surface area contributed by atoms with E-state index < -0.39 is 5.97 Å². The molecule has 0 spiro atoms. The number of carbonyl (C=O) groups excluding carboxylic acids is 3. The van der Waals surface area contributed by atoms with Crippen molar-refractivity contribution in [2.24, 2.45) is 0 Å². The average Bonchev–Trinajstić information content (AvgIpc) is 2.50. The van der Waals surface area contributed by atoms with Crippen molar-refractivity contribution in [2.45, 2.75) is 195 Å². The molecule has 16 nitrogen and oxygen atoms in total. The van der Waals surface area contributed by atoms with Crippen molar-refractivity contribution in [2.75, 3.05) is 47.5 Å². The zero-order valence-corrected chi connectivity index (χ0v) is 56.1. The minimum absolute atomic E-state index is 0.0185. The molecule has 85 heavy (non-hydrogen) atoms. The first kappa shape index (κ1) is 66.7. The highest BCUT2D eigenvalue weighted by molar-refractivity contribution is 7.16. The molecule has 0 unspecified atom stereocenters. The maximum Gasteiger partial charge on any atom is 0.305 e. The molecule has 0 atom stereocenters. The van der Waals surface area contributed by atoms with Gasteiger partial charge in [-0.2, -0.15) is 10.2 Å². The number of piperidine rings is 2. The van der Waals surface area contributed by atoms with Crippen LogP contribution in [-0.4, -0.2) is 116 Å². The SMILES string of the molecule is COC(=O)CCc1cc(C)n(CC(=O)N2CCC(c3nc(-c4cc(C(C)(C)C)c(OC)c(C(C)(C)C)c4)c(Cl)s3)CC2)n1.COc1c(C(C)(C)C)cc(-c2nc(C3CCN(C(=O)Cn4nc(CCC(=O)O)cc4C)CC3)sc2Cl)cc1C(C)(C)C. The quantitative estimate of drug-likeness (QED) is 0.0906. The smallest absolute Gasteiger partial charge is 0.305 e. The summed E-state index contributed by atoms with van der Waals surface area (Å²) in [5.74, 6) is 1.27. The number of carbonyl (C=O) groups is 4. The number of nitrogens with zero attached hydrogens (tertiary/aromatic N) is 8. The van der Waals surface area contributed by atoms with Crippen molar-refractivity contribution in [1.82, 2.24) is 39.3 Å². The van der Waals surface area contributed by atoms with E-state index in [2.05, 4.69) is 118 Å². The summed E-state index contributed by atoms with van der Waals surface area (Å²) >= 11 is 16.8. The number of likely N-dealkylation sites (tertiary alicyclic amines) is 2. The van der Waals surface area contributed by atoms with Crippen molar-refractivity contribution in [3.63, 3.8) is 0 Å². The van der Waals surface area contributed by atoms with Gasteiger partial charge in [-0.3, -0.25) is 28.5 Å². The molecule has 4 aromatic heterocycles. The zero-order chi connectivity index (χ0) is 62.7. The Morgan fingerprint density at radius 2 is 0.882 bits per heavy atom. The van der Waals surface area contributed by atoms with Gasteiger partial charge in [0.15, 0.2) is 0 Å². The summed E-state index contributed by atoms with van der Waals surface area (Å²) in [6.45, 7) is 33.1. The Morgan fingerprint density at radius 3 is 1.18 bits per heavy atom. The summed E-state index contributed by atoms with van der Waals surface area (Å²) in [7, 11) is 4.86. The van der Waals surface area contributed by atoms with E-state index in [9.17, 15) is 19.2 Å². The molecule has 0 saturated carbocycles. The fourth-order valence-corrected chi connectivity index (χ4v) is 13.8. The number of aromatic nitrogens is 6. The molecule has 0 bridgehead atoms. The highest BCUT2D eigenvalue weighted by Crippen LogP contribution is 2.48. The number of amides is 2. The van der Waals surface area contributed by atoms with Crippen molar-refractivity contribution >= 4 is 69.6 Å². The van der Waals surface area contributed by atoms with E-state index in [1.807, 2.05) is 35.8 Å². The highest BCUT2D eigenvalue weighted by atomic mass is 35.5. The maximum absolute atomic E-state index is 13.2. The molecule has 0 aliphatic carbocycles. The van der Waals surface area contributed by atoms with Gasteiger partial charge in [-0.05, 0) is 97.6 Å². The number of methoxy groups -OCH3 is 3. The normalized spacial score (nSPS) is 14.8. The Kier molecular flexibility index (Phi) is 21.2. The lowest BCUT2D eigenvalue weighted by atomic mass is 9.78. The standard InChI is InChI=1S/C33H45ClN4O4S.C32H43ClN4O4S/c1-20-16-23(10-11-27(40)41-8)36-38(20)19-26(39)37-14-12-21(13-15-37)31-35-28(30(34)43-31)22-17-24(32(2,3)4)29(42-9)25(18-22)33(5,6)7;1-19-15-22(9-10-26(39)40)35-37(19)18-25(38)36-13-11-20(12-14-36)30-34-27(29(33)42-30)21-16-23(31(2,3)4)28(41-8)24(17-21)32(5,6)7/h16-18,21H,10-15,19H2,1-9H3;15-17,20H,9-14,18H2,1-8H3,(H,39,40). The van der Waals surface area contributed by atoms with Gasteiger partial charge < -0.3 is 29.1 Å². The number of aliphatic carboxylic acids is 1. The third-order valence-corrected chi connectivity index (χ3v) is 18.8. The van der Waals surface area contributed by atoms with E-state index in [0.29, 0.717) is 53.4 Å². The van der Waals surface area contributed by atoms with Crippen LogP contribution in [0.5, 0.6) is 11.5 Å². The minimum Gasteiger partial charge on any atom is -0.496 e. The number of halogens is 2. The van der Waals surface area contributed by atoms with Gasteiger partial charge in [0, 0.05) is 95.6 Å². The van der Waals surface area contributed by atoms with E-state index in [0.717, 1.165) is 109 Å². The van der Waals surface area contributed by atoms with Crippen LogP contribution in [0.25, 0.3) is 22.5 Å². The summed E-state index contributed by atoms with van der Waals surface area (Å²) in [6, 6.07) is 12.5. The first-order chi connectivity index (χ1) is 39.7. The number of thiazole rings is 2. The second-order valence-corrected chi connectivity index (χ2v) is 30.0. The van der Waals surface area contributed by atoms with Gasteiger partial charge in [0.2, 0.25) is 11.8 Å². The first-order valence-electron chi connectivity index (χ1n) is 29.4. The average molecular weight is 1240 g/mol. The number of hydrogen-bond donors (Lipinski definition) is 1. The lowest BCUT2D eigenvalue weighted by Gasteiger charge is -2.31.